The number of aryl methyl sites for hydroxylation is 1. The highest BCUT2D eigenvalue weighted by molar-refractivity contribution is 5.89. The van der Waals surface area contributed by atoms with Crippen LogP contribution in [0, 0.1) is 5.82 Å². The molecular formula is C24H28FN3O. The molecule has 29 heavy (non-hydrogen) atoms. The fourth-order valence-corrected chi connectivity index (χ4v) is 5.29. The van der Waals surface area contributed by atoms with Gasteiger partial charge in [0.15, 0.2) is 0 Å². The normalized spacial score (nSPS) is 22.1. The molecule has 1 N–H and O–H groups in total. The van der Waals surface area contributed by atoms with Crippen LogP contribution >= 0.6 is 0 Å². The Bertz CT molecular complexity index is 1020. The van der Waals surface area contributed by atoms with Gasteiger partial charge in [-0.15, -0.1) is 0 Å². The number of phenolic OH excluding ortho intramolecular Hbond substituents is 1. The number of nitrogens with zero attached hydrogens (tertiary/aromatic N) is 3. The lowest BCUT2D eigenvalue weighted by Gasteiger charge is -2.34. The third kappa shape index (κ3) is 3.43. The van der Waals surface area contributed by atoms with Crippen LogP contribution in [0.4, 0.5) is 4.39 Å². The molecule has 2 aliphatic rings. The van der Waals surface area contributed by atoms with Gasteiger partial charge in [0.1, 0.15) is 11.6 Å². The largest absolute Gasteiger partial charge is 0.507 e. The lowest BCUT2D eigenvalue weighted by molar-refractivity contribution is 0.124. The SMILES string of the molecule is CCn1cc(CCN2C[C@@H]3C[C@H]2CN3Cc2ccccc2)c2c(O)cc(F)cc21. The second-order valence-corrected chi connectivity index (χ2v) is 8.46. The molecule has 4 nitrogen and oxygen atoms in total. The number of aromatic nitrogens is 1. The van der Waals surface area contributed by atoms with E-state index in [9.17, 15) is 9.50 Å². The summed E-state index contributed by atoms with van der Waals surface area (Å²) >= 11 is 0. The van der Waals surface area contributed by atoms with E-state index in [-0.39, 0.29) is 11.6 Å². The van der Waals surface area contributed by atoms with Crippen molar-refractivity contribution in [3.05, 3.63) is 65.6 Å². The van der Waals surface area contributed by atoms with E-state index in [2.05, 4.69) is 46.3 Å². The van der Waals surface area contributed by atoms with Gasteiger partial charge in [-0.25, -0.2) is 4.39 Å². The van der Waals surface area contributed by atoms with Crippen LogP contribution in [0.1, 0.15) is 24.5 Å². The van der Waals surface area contributed by atoms with Gasteiger partial charge in [0, 0.05) is 62.5 Å². The van der Waals surface area contributed by atoms with Crippen LogP contribution < -0.4 is 0 Å². The Balaban J connectivity index is 1.26. The molecule has 2 saturated heterocycles. The molecule has 2 atom stereocenters. The van der Waals surface area contributed by atoms with Gasteiger partial charge in [-0.05, 0) is 37.0 Å². The number of hydrogen-bond donors (Lipinski definition) is 1. The van der Waals surface area contributed by atoms with E-state index < -0.39 is 0 Å². The zero-order chi connectivity index (χ0) is 20.0. The minimum Gasteiger partial charge on any atom is -0.507 e. The predicted molar refractivity (Wildman–Crippen MR) is 114 cm³/mol. The molecule has 1 aromatic heterocycles. The third-order valence-electron chi connectivity index (χ3n) is 6.71. The molecule has 0 amide bonds. The fourth-order valence-electron chi connectivity index (χ4n) is 5.29. The van der Waals surface area contributed by atoms with Crippen molar-refractivity contribution >= 4 is 10.9 Å². The number of fused-ring (bicyclic) bond motifs is 3. The van der Waals surface area contributed by atoms with Crippen LogP contribution in [0.15, 0.2) is 48.7 Å². The number of halogens is 1. The maximum absolute atomic E-state index is 13.8. The number of rotatable bonds is 6. The van der Waals surface area contributed by atoms with Crippen LogP contribution in [0.5, 0.6) is 5.75 Å². The van der Waals surface area contributed by atoms with E-state index in [4.69, 9.17) is 0 Å². The molecule has 5 rings (SSSR count). The molecule has 0 aliphatic carbocycles. The Morgan fingerprint density at radius 1 is 1.07 bits per heavy atom. The predicted octanol–water partition coefficient (Wildman–Crippen LogP) is 4.01. The summed E-state index contributed by atoms with van der Waals surface area (Å²) in [5.41, 5.74) is 3.29. The minimum atomic E-state index is -0.385. The molecular weight excluding hydrogens is 365 g/mol. The van der Waals surface area contributed by atoms with E-state index in [1.807, 2.05) is 11.5 Å². The summed E-state index contributed by atoms with van der Waals surface area (Å²) in [5, 5.41) is 11.1. The van der Waals surface area contributed by atoms with Crippen LogP contribution in [0.25, 0.3) is 10.9 Å². The van der Waals surface area contributed by atoms with Crippen LogP contribution in [-0.2, 0) is 19.5 Å². The molecule has 0 spiro atoms. The van der Waals surface area contributed by atoms with Gasteiger partial charge < -0.3 is 9.67 Å². The fraction of sp³-hybridized carbons (Fsp3) is 0.417. The summed E-state index contributed by atoms with van der Waals surface area (Å²) in [4.78, 5) is 5.22. The van der Waals surface area contributed by atoms with Crippen molar-refractivity contribution < 1.29 is 9.50 Å². The second-order valence-electron chi connectivity index (χ2n) is 8.46. The molecule has 0 radical (unpaired) electrons. The van der Waals surface area contributed by atoms with Gasteiger partial charge in [0.2, 0.25) is 0 Å². The number of likely N-dealkylation sites (tertiary alicyclic amines) is 2. The quantitative estimate of drug-likeness (QED) is 0.687. The lowest BCUT2D eigenvalue weighted by Crippen LogP contribution is -2.46. The summed E-state index contributed by atoms with van der Waals surface area (Å²) in [6.07, 6.45) is 4.21. The third-order valence-corrected chi connectivity index (χ3v) is 6.71. The van der Waals surface area contributed by atoms with Crippen molar-refractivity contribution in [1.29, 1.82) is 0 Å². The van der Waals surface area contributed by atoms with Gasteiger partial charge in [-0.3, -0.25) is 9.80 Å². The summed E-state index contributed by atoms with van der Waals surface area (Å²) in [5.74, 6) is -0.330. The number of piperazine rings is 1. The van der Waals surface area contributed by atoms with Crippen molar-refractivity contribution in [1.82, 2.24) is 14.4 Å². The molecule has 152 valence electrons. The van der Waals surface area contributed by atoms with Gasteiger partial charge in [-0.2, -0.15) is 0 Å². The monoisotopic (exact) mass is 393 g/mol. The van der Waals surface area contributed by atoms with Gasteiger partial charge in [-0.1, -0.05) is 30.3 Å². The molecule has 3 heterocycles. The summed E-state index contributed by atoms with van der Waals surface area (Å²) in [7, 11) is 0. The first-order valence-electron chi connectivity index (χ1n) is 10.6. The summed E-state index contributed by atoms with van der Waals surface area (Å²) in [6.45, 7) is 7.09. The van der Waals surface area contributed by atoms with Crippen molar-refractivity contribution in [3.8, 4) is 5.75 Å². The zero-order valence-corrected chi connectivity index (χ0v) is 16.9. The Hall–Kier alpha value is -2.37. The van der Waals surface area contributed by atoms with E-state index in [1.54, 1.807) is 0 Å². The Labute approximate surface area is 171 Å². The minimum absolute atomic E-state index is 0.0548. The first-order valence-corrected chi connectivity index (χ1v) is 10.6. The smallest absolute Gasteiger partial charge is 0.129 e. The Morgan fingerprint density at radius 2 is 1.83 bits per heavy atom. The molecule has 0 unspecified atom stereocenters. The van der Waals surface area contributed by atoms with Crippen LogP contribution in [0.2, 0.25) is 0 Å². The standard InChI is InChI=1S/C24H28FN3O/c1-2-26-14-18(24-22(26)10-19(25)11-23(24)29)8-9-27-15-21-12-20(27)16-28(21)13-17-6-4-3-5-7-17/h3-7,10-11,14,20-21,29H,2,8-9,12-13,15-16H2,1H3/t20-,21-/m0/s1. The number of aromatic hydroxyl groups is 1. The maximum Gasteiger partial charge on any atom is 0.129 e. The lowest BCUT2D eigenvalue weighted by atomic mass is 10.1. The van der Waals surface area contributed by atoms with E-state index in [0.29, 0.717) is 12.1 Å². The zero-order valence-electron chi connectivity index (χ0n) is 16.9. The Kier molecular flexibility index (Phi) is 4.80. The average molecular weight is 394 g/mol. The molecule has 2 bridgehead atoms. The highest BCUT2D eigenvalue weighted by Gasteiger charge is 2.42. The van der Waals surface area contributed by atoms with Gasteiger partial charge in [0.25, 0.3) is 0 Å². The topological polar surface area (TPSA) is 31.6 Å². The second kappa shape index (κ2) is 7.47. The van der Waals surface area contributed by atoms with E-state index in [0.717, 1.165) is 55.6 Å². The molecule has 2 aromatic carbocycles. The molecule has 3 aromatic rings. The van der Waals surface area contributed by atoms with Crippen molar-refractivity contribution in [2.75, 3.05) is 19.6 Å². The molecule has 2 fully saturated rings. The Morgan fingerprint density at radius 3 is 2.55 bits per heavy atom. The highest BCUT2D eigenvalue weighted by atomic mass is 19.1. The number of benzene rings is 2. The van der Waals surface area contributed by atoms with Crippen molar-refractivity contribution in [2.45, 2.75) is 44.9 Å². The van der Waals surface area contributed by atoms with E-state index >= 15 is 0 Å². The average Bonchev–Trinajstić information content (AvgIpc) is 3.39. The molecule has 5 heteroatoms. The first kappa shape index (κ1) is 18.6. The number of hydrogen-bond acceptors (Lipinski definition) is 3. The summed E-state index contributed by atoms with van der Waals surface area (Å²) in [6, 6.07) is 14.7. The van der Waals surface area contributed by atoms with E-state index in [1.165, 1.54) is 24.1 Å². The van der Waals surface area contributed by atoms with Crippen LogP contribution in [0.3, 0.4) is 0 Å². The van der Waals surface area contributed by atoms with Crippen LogP contribution in [-0.4, -0.2) is 51.2 Å². The van der Waals surface area contributed by atoms with Gasteiger partial charge in [0.05, 0.1) is 5.52 Å². The van der Waals surface area contributed by atoms with Gasteiger partial charge >= 0.3 is 0 Å². The van der Waals surface area contributed by atoms with Crippen molar-refractivity contribution in [2.24, 2.45) is 0 Å². The molecule has 0 saturated carbocycles. The highest BCUT2D eigenvalue weighted by Crippen LogP contribution is 2.34. The van der Waals surface area contributed by atoms with Crippen molar-refractivity contribution in [3.63, 3.8) is 0 Å². The molecule has 2 aliphatic heterocycles. The first-order chi connectivity index (χ1) is 14.1. The maximum atomic E-state index is 13.8. The summed E-state index contributed by atoms with van der Waals surface area (Å²) < 4.78 is 15.8. The number of phenols is 1.